The van der Waals surface area contributed by atoms with Gasteiger partial charge in [0.25, 0.3) is 5.91 Å². The van der Waals surface area contributed by atoms with E-state index in [9.17, 15) is 9.59 Å². The van der Waals surface area contributed by atoms with Crippen LogP contribution < -0.4 is 5.73 Å². The molecule has 0 fully saturated rings. The lowest BCUT2D eigenvalue weighted by Gasteiger charge is -2.31. The number of benzene rings is 3. The van der Waals surface area contributed by atoms with E-state index in [2.05, 4.69) is 25.1 Å². The van der Waals surface area contributed by atoms with Crippen molar-refractivity contribution >= 4 is 11.8 Å². The van der Waals surface area contributed by atoms with Crippen LogP contribution >= 0.6 is 0 Å². The Labute approximate surface area is 171 Å². The van der Waals surface area contributed by atoms with Crippen molar-refractivity contribution in [1.82, 2.24) is 4.90 Å². The van der Waals surface area contributed by atoms with E-state index in [-0.39, 0.29) is 11.9 Å². The Balaban J connectivity index is 1.77. The zero-order valence-electron chi connectivity index (χ0n) is 16.5. The molecule has 0 bridgehead atoms. The molecule has 0 radical (unpaired) electrons. The molecule has 0 unspecified atom stereocenters. The molecule has 3 aromatic carbocycles. The summed E-state index contributed by atoms with van der Waals surface area (Å²) in [5, 5.41) is 0. The molecular weight excluding hydrogens is 360 g/mol. The Bertz CT molecular complexity index is 1060. The van der Waals surface area contributed by atoms with Gasteiger partial charge in [-0.2, -0.15) is 0 Å². The van der Waals surface area contributed by atoms with E-state index in [1.54, 1.807) is 12.1 Å². The number of amides is 2. The van der Waals surface area contributed by atoms with Crippen molar-refractivity contribution in [1.29, 1.82) is 0 Å². The quantitative estimate of drug-likeness (QED) is 0.708. The van der Waals surface area contributed by atoms with Crippen LogP contribution in [0.2, 0.25) is 0 Å². The number of nitrogens with zero attached hydrogens (tertiary/aromatic N) is 1. The molecule has 1 aliphatic rings. The van der Waals surface area contributed by atoms with Crippen LogP contribution in [0.25, 0.3) is 0 Å². The van der Waals surface area contributed by atoms with Crippen LogP contribution in [-0.2, 0) is 13.0 Å². The van der Waals surface area contributed by atoms with Gasteiger partial charge in [0, 0.05) is 17.7 Å². The summed E-state index contributed by atoms with van der Waals surface area (Å²) in [5.74, 6) is -0.514. The van der Waals surface area contributed by atoms with Gasteiger partial charge in [-0.15, -0.1) is 0 Å². The first-order valence-electron chi connectivity index (χ1n) is 9.88. The maximum atomic E-state index is 13.5. The second-order valence-corrected chi connectivity index (χ2v) is 7.52. The summed E-state index contributed by atoms with van der Waals surface area (Å²) in [4.78, 5) is 27.3. The van der Waals surface area contributed by atoms with Crippen molar-refractivity contribution in [2.75, 3.05) is 0 Å². The maximum absolute atomic E-state index is 13.5. The van der Waals surface area contributed by atoms with Crippen molar-refractivity contribution in [3.05, 3.63) is 106 Å². The third-order valence-corrected chi connectivity index (χ3v) is 5.75. The molecular formula is C25H24N2O2. The third-order valence-electron chi connectivity index (χ3n) is 5.75. The molecule has 0 saturated carbocycles. The molecule has 0 aromatic heterocycles. The van der Waals surface area contributed by atoms with E-state index in [0.29, 0.717) is 17.7 Å². The zero-order chi connectivity index (χ0) is 20.4. The van der Waals surface area contributed by atoms with Gasteiger partial charge in [-0.05, 0) is 60.2 Å². The molecule has 0 aliphatic heterocycles. The molecule has 1 atom stereocenters. The average molecular weight is 384 g/mol. The lowest BCUT2D eigenvalue weighted by Crippen LogP contribution is -2.34. The minimum atomic E-state index is -0.477. The van der Waals surface area contributed by atoms with Crippen molar-refractivity contribution < 1.29 is 9.59 Å². The van der Waals surface area contributed by atoms with Gasteiger partial charge in [0.15, 0.2) is 0 Å². The van der Waals surface area contributed by atoms with Crippen LogP contribution in [0.1, 0.15) is 55.4 Å². The number of carbonyl (C=O) groups is 2. The van der Waals surface area contributed by atoms with E-state index in [4.69, 9.17) is 5.73 Å². The monoisotopic (exact) mass is 384 g/mol. The summed E-state index contributed by atoms with van der Waals surface area (Å²) >= 11 is 0. The Morgan fingerprint density at radius 2 is 1.69 bits per heavy atom. The normalized spacial score (nSPS) is 15.0. The van der Waals surface area contributed by atoms with E-state index in [1.165, 1.54) is 16.7 Å². The van der Waals surface area contributed by atoms with Gasteiger partial charge in [0.1, 0.15) is 0 Å². The van der Waals surface area contributed by atoms with Crippen molar-refractivity contribution in [2.45, 2.75) is 32.4 Å². The van der Waals surface area contributed by atoms with Crippen LogP contribution in [0.15, 0.2) is 72.8 Å². The molecule has 4 nitrogen and oxygen atoms in total. The maximum Gasteiger partial charge on any atom is 0.254 e. The van der Waals surface area contributed by atoms with Crippen LogP contribution in [-0.4, -0.2) is 16.7 Å². The molecule has 0 saturated heterocycles. The van der Waals surface area contributed by atoms with Crippen molar-refractivity contribution in [2.24, 2.45) is 5.73 Å². The summed E-state index contributed by atoms with van der Waals surface area (Å²) in [6, 6.07) is 22.8. The average Bonchev–Trinajstić information content (AvgIpc) is 3.17. The molecule has 0 spiro atoms. The van der Waals surface area contributed by atoms with Gasteiger partial charge in [-0.1, -0.05) is 54.6 Å². The summed E-state index contributed by atoms with van der Waals surface area (Å²) in [6.07, 6.45) is 1.82. The van der Waals surface area contributed by atoms with Gasteiger partial charge in [-0.3, -0.25) is 9.59 Å². The number of hydrogen-bond donors (Lipinski definition) is 1. The molecule has 4 rings (SSSR count). The van der Waals surface area contributed by atoms with E-state index >= 15 is 0 Å². The van der Waals surface area contributed by atoms with Gasteiger partial charge in [-0.25, -0.2) is 0 Å². The van der Waals surface area contributed by atoms with Gasteiger partial charge < -0.3 is 10.6 Å². The fraction of sp³-hybridized carbons (Fsp3) is 0.200. The minimum Gasteiger partial charge on any atom is -0.366 e. The fourth-order valence-corrected chi connectivity index (χ4v) is 4.29. The number of fused-ring (bicyclic) bond motifs is 1. The predicted octanol–water partition coefficient (Wildman–Crippen LogP) is 4.42. The first kappa shape index (κ1) is 18.9. The van der Waals surface area contributed by atoms with Crippen LogP contribution in [0.3, 0.4) is 0 Å². The fourth-order valence-electron chi connectivity index (χ4n) is 4.29. The van der Waals surface area contributed by atoms with Crippen molar-refractivity contribution in [3.63, 3.8) is 0 Å². The molecule has 2 amide bonds. The van der Waals surface area contributed by atoms with Crippen LogP contribution in [0.5, 0.6) is 0 Å². The first-order valence-corrected chi connectivity index (χ1v) is 9.88. The van der Waals surface area contributed by atoms with Gasteiger partial charge in [0.2, 0.25) is 5.91 Å². The molecule has 0 heterocycles. The predicted molar refractivity (Wildman–Crippen MR) is 114 cm³/mol. The summed E-state index contributed by atoms with van der Waals surface area (Å²) in [7, 11) is 0. The lowest BCUT2D eigenvalue weighted by molar-refractivity contribution is 0.0656. The molecule has 29 heavy (non-hydrogen) atoms. The summed E-state index contributed by atoms with van der Waals surface area (Å²) < 4.78 is 0. The standard InChI is InChI=1S/C25H24N2O2/c1-17-8-7-13-22-20(17)14-15-23(22)27(25(29)18-9-3-2-4-10-18)16-19-11-5-6-12-21(19)24(26)28/h2-13,23H,14-16H2,1H3,(H2,26,28)/t23-/m1/s1. The first-order chi connectivity index (χ1) is 14.1. The van der Waals surface area contributed by atoms with E-state index in [0.717, 1.165) is 18.4 Å². The topological polar surface area (TPSA) is 63.4 Å². The second kappa shape index (κ2) is 7.92. The third kappa shape index (κ3) is 3.66. The Morgan fingerprint density at radius 1 is 0.966 bits per heavy atom. The van der Waals surface area contributed by atoms with E-state index < -0.39 is 5.91 Å². The second-order valence-electron chi connectivity index (χ2n) is 7.52. The number of hydrogen-bond acceptors (Lipinski definition) is 2. The number of rotatable bonds is 5. The van der Waals surface area contributed by atoms with E-state index in [1.807, 2.05) is 47.4 Å². The lowest BCUT2D eigenvalue weighted by atomic mass is 10.0. The summed E-state index contributed by atoms with van der Waals surface area (Å²) in [6.45, 7) is 2.46. The highest BCUT2D eigenvalue weighted by Gasteiger charge is 2.32. The smallest absolute Gasteiger partial charge is 0.254 e. The molecule has 1 aliphatic carbocycles. The number of nitrogens with two attached hydrogens (primary N) is 1. The zero-order valence-corrected chi connectivity index (χ0v) is 16.5. The van der Waals surface area contributed by atoms with Gasteiger partial charge in [0.05, 0.1) is 6.04 Å². The Kier molecular flexibility index (Phi) is 5.17. The van der Waals surface area contributed by atoms with Crippen LogP contribution in [0, 0.1) is 6.92 Å². The number of aryl methyl sites for hydroxylation is 1. The number of primary amides is 1. The highest BCUT2D eigenvalue weighted by Crippen LogP contribution is 2.39. The highest BCUT2D eigenvalue weighted by molar-refractivity contribution is 5.96. The van der Waals surface area contributed by atoms with Gasteiger partial charge >= 0.3 is 0 Å². The Hall–Kier alpha value is -3.40. The SMILES string of the molecule is Cc1cccc2c1CC[C@H]2N(Cc1ccccc1C(N)=O)C(=O)c1ccccc1. The summed E-state index contributed by atoms with van der Waals surface area (Å²) in [5.41, 5.74) is 11.2. The Morgan fingerprint density at radius 3 is 2.45 bits per heavy atom. The van der Waals surface area contributed by atoms with Crippen LogP contribution in [0.4, 0.5) is 0 Å². The molecule has 3 aromatic rings. The minimum absolute atomic E-state index is 0.0291. The van der Waals surface area contributed by atoms with Crippen molar-refractivity contribution in [3.8, 4) is 0 Å². The number of carbonyl (C=O) groups excluding carboxylic acids is 2. The largest absolute Gasteiger partial charge is 0.366 e. The molecule has 2 N–H and O–H groups in total. The highest BCUT2D eigenvalue weighted by atomic mass is 16.2. The molecule has 4 heteroatoms. The molecule has 146 valence electrons.